The van der Waals surface area contributed by atoms with Crippen molar-refractivity contribution in [2.24, 2.45) is 0 Å². The van der Waals surface area contributed by atoms with Crippen LogP contribution in [0.15, 0.2) is 30.3 Å². The molecule has 0 spiro atoms. The number of rotatable bonds is 7. The second kappa shape index (κ2) is 7.59. The zero-order valence-corrected chi connectivity index (χ0v) is 12.7. The van der Waals surface area contributed by atoms with Gasteiger partial charge >= 0.3 is 0 Å². The van der Waals surface area contributed by atoms with Gasteiger partial charge in [0.25, 0.3) is 0 Å². The second-order valence-electron chi connectivity index (χ2n) is 4.63. The Balaban J connectivity index is 2.33. The Morgan fingerprint density at radius 1 is 1.19 bits per heavy atom. The molecular weight excluding hydrogens is 266 g/mol. The monoisotopic (exact) mass is 287 g/mol. The van der Waals surface area contributed by atoms with Crippen LogP contribution in [0.25, 0.3) is 11.4 Å². The van der Waals surface area contributed by atoms with Crippen LogP contribution in [0.3, 0.4) is 0 Å². The predicted octanol–water partition coefficient (Wildman–Crippen LogP) is 3.12. The molecule has 1 heterocycles. The number of ether oxygens (including phenoxy) is 2. The fourth-order valence-electron chi connectivity index (χ4n) is 1.92. The topological polar surface area (TPSA) is 56.3 Å². The number of aromatic nitrogens is 2. The summed E-state index contributed by atoms with van der Waals surface area (Å²) >= 11 is 0. The van der Waals surface area contributed by atoms with Crippen molar-refractivity contribution in [3.05, 3.63) is 36.0 Å². The highest BCUT2D eigenvalue weighted by Crippen LogP contribution is 2.23. The molecule has 0 aliphatic heterocycles. The Bertz CT molecular complexity index is 587. The molecule has 5 heteroatoms. The molecule has 1 aromatic carbocycles. The molecular formula is C16H21N3O2. The zero-order chi connectivity index (χ0) is 15.1. The van der Waals surface area contributed by atoms with Gasteiger partial charge in [-0.25, -0.2) is 9.97 Å². The van der Waals surface area contributed by atoms with Gasteiger partial charge in [-0.3, -0.25) is 0 Å². The molecule has 0 bridgehead atoms. The lowest BCUT2D eigenvalue weighted by Gasteiger charge is -2.09. The molecule has 0 radical (unpaired) electrons. The first-order valence-electron chi connectivity index (χ1n) is 7.04. The highest BCUT2D eigenvalue weighted by molar-refractivity contribution is 5.59. The van der Waals surface area contributed by atoms with E-state index in [0.29, 0.717) is 19.0 Å². The minimum absolute atomic E-state index is 0.455. The molecule has 0 saturated carbocycles. The highest BCUT2D eigenvalue weighted by Gasteiger charge is 2.07. The van der Waals surface area contributed by atoms with Crippen LogP contribution in [0.5, 0.6) is 5.75 Å². The highest BCUT2D eigenvalue weighted by atomic mass is 16.5. The number of nitrogens with zero attached hydrogens (tertiary/aromatic N) is 2. The van der Waals surface area contributed by atoms with Crippen molar-refractivity contribution in [1.29, 1.82) is 0 Å². The SMILES string of the molecule is CCCOc1cccc(-c2nc(COC)cc(NC)n2)c1. The lowest BCUT2D eigenvalue weighted by molar-refractivity contribution is 0.181. The van der Waals surface area contributed by atoms with E-state index in [0.717, 1.165) is 29.2 Å². The largest absolute Gasteiger partial charge is 0.494 e. The molecule has 1 aromatic heterocycles. The van der Waals surface area contributed by atoms with Gasteiger partial charge in [0.2, 0.25) is 0 Å². The van der Waals surface area contributed by atoms with Gasteiger partial charge in [0.05, 0.1) is 18.9 Å². The Kier molecular flexibility index (Phi) is 5.51. The summed E-state index contributed by atoms with van der Waals surface area (Å²) in [5.74, 6) is 2.27. The number of anilines is 1. The Morgan fingerprint density at radius 3 is 2.76 bits per heavy atom. The van der Waals surface area contributed by atoms with Gasteiger partial charge < -0.3 is 14.8 Å². The first-order valence-corrected chi connectivity index (χ1v) is 7.04. The minimum Gasteiger partial charge on any atom is -0.494 e. The summed E-state index contributed by atoms with van der Waals surface area (Å²) in [6.07, 6.45) is 0.980. The molecule has 0 aliphatic carbocycles. The van der Waals surface area contributed by atoms with Gasteiger partial charge in [0.15, 0.2) is 5.82 Å². The van der Waals surface area contributed by atoms with Crippen LogP contribution in [0.2, 0.25) is 0 Å². The van der Waals surface area contributed by atoms with E-state index in [2.05, 4.69) is 22.2 Å². The van der Waals surface area contributed by atoms with Crippen LogP contribution in [0.4, 0.5) is 5.82 Å². The molecule has 112 valence electrons. The summed E-state index contributed by atoms with van der Waals surface area (Å²) < 4.78 is 10.8. The summed E-state index contributed by atoms with van der Waals surface area (Å²) in [5, 5.41) is 3.05. The van der Waals surface area contributed by atoms with Gasteiger partial charge in [-0.05, 0) is 18.6 Å². The van der Waals surface area contributed by atoms with Gasteiger partial charge in [0, 0.05) is 25.8 Å². The quantitative estimate of drug-likeness (QED) is 0.848. The van der Waals surface area contributed by atoms with Crippen molar-refractivity contribution in [2.75, 3.05) is 26.1 Å². The Morgan fingerprint density at radius 2 is 2.05 bits per heavy atom. The van der Waals surface area contributed by atoms with Crippen molar-refractivity contribution in [3.8, 4) is 17.1 Å². The number of hydrogen-bond donors (Lipinski definition) is 1. The third-order valence-corrected chi connectivity index (χ3v) is 2.89. The fraction of sp³-hybridized carbons (Fsp3) is 0.375. The smallest absolute Gasteiger partial charge is 0.161 e. The third kappa shape index (κ3) is 4.16. The van der Waals surface area contributed by atoms with Crippen molar-refractivity contribution >= 4 is 5.82 Å². The second-order valence-corrected chi connectivity index (χ2v) is 4.63. The number of nitrogens with one attached hydrogen (secondary N) is 1. The maximum atomic E-state index is 5.66. The van der Waals surface area contributed by atoms with Crippen molar-refractivity contribution in [1.82, 2.24) is 9.97 Å². The average Bonchev–Trinajstić information content (AvgIpc) is 2.53. The summed E-state index contributed by atoms with van der Waals surface area (Å²) in [6, 6.07) is 9.71. The molecule has 0 fully saturated rings. The van der Waals surface area contributed by atoms with Crippen LogP contribution >= 0.6 is 0 Å². The normalized spacial score (nSPS) is 10.4. The van der Waals surface area contributed by atoms with Gasteiger partial charge in [-0.1, -0.05) is 19.1 Å². The standard InChI is InChI=1S/C16H21N3O2/c1-4-8-21-14-7-5-6-12(9-14)16-18-13(11-20-3)10-15(17-2)19-16/h5-7,9-10H,4,8,11H2,1-3H3,(H,17,18,19). The molecule has 0 saturated heterocycles. The first kappa shape index (κ1) is 15.3. The molecule has 2 aromatic rings. The van der Waals surface area contributed by atoms with Gasteiger partial charge in [0.1, 0.15) is 11.6 Å². The van der Waals surface area contributed by atoms with E-state index in [1.165, 1.54) is 0 Å². The molecule has 1 N–H and O–H groups in total. The van der Waals surface area contributed by atoms with Crippen LogP contribution < -0.4 is 10.1 Å². The molecule has 0 aliphatic rings. The summed E-state index contributed by atoms with van der Waals surface area (Å²) in [4.78, 5) is 9.02. The molecule has 5 nitrogen and oxygen atoms in total. The summed E-state index contributed by atoms with van der Waals surface area (Å²) in [5.41, 5.74) is 1.77. The zero-order valence-electron chi connectivity index (χ0n) is 12.7. The maximum Gasteiger partial charge on any atom is 0.161 e. The van der Waals surface area contributed by atoms with Gasteiger partial charge in [-0.2, -0.15) is 0 Å². The van der Waals surface area contributed by atoms with E-state index >= 15 is 0 Å². The van der Waals surface area contributed by atoms with E-state index < -0.39 is 0 Å². The van der Waals surface area contributed by atoms with E-state index in [-0.39, 0.29) is 0 Å². The van der Waals surface area contributed by atoms with Crippen LogP contribution in [-0.2, 0) is 11.3 Å². The van der Waals surface area contributed by atoms with E-state index in [4.69, 9.17) is 9.47 Å². The van der Waals surface area contributed by atoms with Crippen molar-refractivity contribution in [2.45, 2.75) is 20.0 Å². The lowest BCUT2D eigenvalue weighted by atomic mass is 10.2. The van der Waals surface area contributed by atoms with E-state index in [9.17, 15) is 0 Å². The van der Waals surface area contributed by atoms with Gasteiger partial charge in [-0.15, -0.1) is 0 Å². The van der Waals surface area contributed by atoms with Crippen molar-refractivity contribution < 1.29 is 9.47 Å². The fourth-order valence-corrected chi connectivity index (χ4v) is 1.92. The number of benzene rings is 1. The molecule has 2 rings (SSSR count). The Labute approximate surface area is 125 Å². The molecule has 21 heavy (non-hydrogen) atoms. The minimum atomic E-state index is 0.455. The first-order chi connectivity index (χ1) is 10.3. The maximum absolute atomic E-state index is 5.66. The molecule has 0 unspecified atom stereocenters. The molecule has 0 amide bonds. The van der Waals surface area contributed by atoms with Crippen LogP contribution in [0, 0.1) is 0 Å². The van der Waals surface area contributed by atoms with E-state index in [1.807, 2.05) is 37.4 Å². The van der Waals surface area contributed by atoms with Crippen molar-refractivity contribution in [3.63, 3.8) is 0 Å². The third-order valence-electron chi connectivity index (χ3n) is 2.89. The van der Waals surface area contributed by atoms with Crippen LogP contribution in [0.1, 0.15) is 19.0 Å². The van der Waals surface area contributed by atoms with Crippen LogP contribution in [-0.4, -0.2) is 30.7 Å². The molecule has 0 atom stereocenters. The summed E-state index contributed by atoms with van der Waals surface area (Å²) in [7, 11) is 3.49. The number of methoxy groups -OCH3 is 1. The summed E-state index contributed by atoms with van der Waals surface area (Å²) in [6.45, 7) is 3.24. The average molecular weight is 287 g/mol. The predicted molar refractivity (Wildman–Crippen MR) is 83.5 cm³/mol. The van der Waals surface area contributed by atoms with E-state index in [1.54, 1.807) is 7.11 Å². The number of hydrogen-bond acceptors (Lipinski definition) is 5. The lowest BCUT2D eigenvalue weighted by Crippen LogP contribution is -2.02. The Hall–Kier alpha value is -2.14.